The summed E-state index contributed by atoms with van der Waals surface area (Å²) in [4.78, 5) is 14.3. The van der Waals surface area contributed by atoms with E-state index in [1.54, 1.807) is 26.4 Å². The van der Waals surface area contributed by atoms with E-state index < -0.39 is 0 Å². The van der Waals surface area contributed by atoms with Gasteiger partial charge in [-0.2, -0.15) is 0 Å². The lowest BCUT2D eigenvalue weighted by Crippen LogP contribution is -2.59. The van der Waals surface area contributed by atoms with E-state index >= 15 is 0 Å². The SMILES string of the molecule is COc1ccc(OCC(=O)N2CC[C@H](OC)[C@]3(CCCO3)C2)cc1. The largest absolute Gasteiger partial charge is 0.497 e. The number of likely N-dealkylation sites (tertiary alicyclic amines) is 1. The molecule has 2 heterocycles. The molecule has 1 aromatic rings. The third-order valence-corrected chi connectivity index (χ3v) is 4.90. The van der Waals surface area contributed by atoms with Crippen molar-refractivity contribution < 1.29 is 23.7 Å². The van der Waals surface area contributed by atoms with Crippen LogP contribution in [-0.4, -0.2) is 63.0 Å². The highest BCUT2D eigenvalue weighted by Gasteiger charge is 2.48. The quantitative estimate of drug-likeness (QED) is 0.822. The van der Waals surface area contributed by atoms with Crippen LogP contribution in [-0.2, 0) is 14.3 Å². The summed E-state index contributed by atoms with van der Waals surface area (Å²) in [6, 6.07) is 7.21. The molecule has 0 unspecified atom stereocenters. The number of hydrogen-bond acceptors (Lipinski definition) is 5. The van der Waals surface area contributed by atoms with Gasteiger partial charge in [-0.3, -0.25) is 4.79 Å². The minimum absolute atomic E-state index is 0.0183. The highest BCUT2D eigenvalue weighted by atomic mass is 16.6. The van der Waals surface area contributed by atoms with Crippen LogP contribution in [0.15, 0.2) is 24.3 Å². The van der Waals surface area contributed by atoms with E-state index in [1.165, 1.54) is 0 Å². The summed E-state index contributed by atoms with van der Waals surface area (Å²) in [5.74, 6) is 1.40. The van der Waals surface area contributed by atoms with Gasteiger partial charge in [0.2, 0.25) is 0 Å². The Balaban J connectivity index is 1.56. The van der Waals surface area contributed by atoms with E-state index in [1.807, 2.05) is 17.0 Å². The molecule has 0 aliphatic carbocycles. The fraction of sp³-hybridized carbons (Fsp3) is 0.611. The summed E-state index contributed by atoms with van der Waals surface area (Å²) < 4.78 is 22.3. The van der Waals surface area contributed by atoms with Crippen LogP contribution in [0.5, 0.6) is 11.5 Å². The van der Waals surface area contributed by atoms with Crippen molar-refractivity contribution >= 4 is 5.91 Å². The van der Waals surface area contributed by atoms with Gasteiger partial charge in [0.15, 0.2) is 6.61 Å². The topological polar surface area (TPSA) is 57.2 Å². The zero-order chi connectivity index (χ0) is 17.0. The van der Waals surface area contributed by atoms with E-state index in [9.17, 15) is 4.79 Å². The summed E-state index contributed by atoms with van der Waals surface area (Å²) in [6.07, 6.45) is 2.82. The Kier molecular flexibility index (Phi) is 5.26. The van der Waals surface area contributed by atoms with Crippen LogP contribution < -0.4 is 9.47 Å². The van der Waals surface area contributed by atoms with Gasteiger partial charge in [0, 0.05) is 20.3 Å². The Morgan fingerprint density at radius 2 is 2.04 bits per heavy atom. The number of carbonyl (C=O) groups is 1. The standard InChI is InChI=1S/C18H25NO5/c1-21-14-4-6-15(7-5-14)23-12-17(20)19-10-8-16(22-2)18(13-19)9-3-11-24-18/h4-7,16H,3,8-13H2,1-2H3/t16-,18-/m0/s1. The van der Waals surface area contributed by atoms with Crippen molar-refractivity contribution in [3.63, 3.8) is 0 Å². The molecule has 2 aliphatic heterocycles. The van der Waals surface area contributed by atoms with Crippen molar-refractivity contribution in [3.05, 3.63) is 24.3 Å². The molecule has 1 spiro atoms. The molecule has 0 N–H and O–H groups in total. The molecule has 6 heteroatoms. The van der Waals surface area contributed by atoms with E-state index in [4.69, 9.17) is 18.9 Å². The number of piperidine rings is 1. The van der Waals surface area contributed by atoms with Crippen molar-refractivity contribution in [2.24, 2.45) is 0 Å². The van der Waals surface area contributed by atoms with Gasteiger partial charge in [0.25, 0.3) is 5.91 Å². The average Bonchev–Trinajstić information content (AvgIpc) is 3.08. The van der Waals surface area contributed by atoms with Gasteiger partial charge < -0.3 is 23.8 Å². The molecule has 24 heavy (non-hydrogen) atoms. The van der Waals surface area contributed by atoms with Crippen molar-refractivity contribution in [1.82, 2.24) is 4.90 Å². The Hall–Kier alpha value is -1.79. The van der Waals surface area contributed by atoms with Gasteiger partial charge in [-0.05, 0) is 43.5 Å². The van der Waals surface area contributed by atoms with Crippen molar-refractivity contribution in [2.75, 3.05) is 40.5 Å². The summed E-state index contributed by atoms with van der Waals surface area (Å²) in [6.45, 7) is 2.02. The van der Waals surface area contributed by atoms with Gasteiger partial charge in [-0.25, -0.2) is 0 Å². The molecule has 2 atom stereocenters. The smallest absolute Gasteiger partial charge is 0.260 e. The van der Waals surface area contributed by atoms with Gasteiger partial charge in [-0.1, -0.05) is 0 Å². The van der Waals surface area contributed by atoms with Gasteiger partial charge in [0.05, 0.1) is 19.8 Å². The van der Waals surface area contributed by atoms with Crippen molar-refractivity contribution in [3.8, 4) is 11.5 Å². The summed E-state index contributed by atoms with van der Waals surface area (Å²) in [5.41, 5.74) is -0.344. The van der Waals surface area contributed by atoms with Crippen LogP contribution in [0.2, 0.25) is 0 Å². The molecule has 2 saturated heterocycles. The van der Waals surface area contributed by atoms with E-state index in [2.05, 4.69) is 0 Å². The Bertz CT molecular complexity index is 553. The summed E-state index contributed by atoms with van der Waals surface area (Å²) in [7, 11) is 3.34. The average molecular weight is 335 g/mol. The molecule has 2 aliphatic rings. The number of benzene rings is 1. The predicted molar refractivity (Wildman–Crippen MR) is 88.4 cm³/mol. The van der Waals surface area contributed by atoms with Crippen LogP contribution in [0.4, 0.5) is 0 Å². The molecule has 3 rings (SSSR count). The number of ether oxygens (including phenoxy) is 4. The van der Waals surface area contributed by atoms with E-state index in [0.29, 0.717) is 18.8 Å². The molecule has 132 valence electrons. The molecule has 0 bridgehead atoms. The lowest BCUT2D eigenvalue weighted by molar-refractivity contribution is -0.162. The van der Waals surface area contributed by atoms with Crippen LogP contribution in [0, 0.1) is 0 Å². The monoisotopic (exact) mass is 335 g/mol. The molecule has 1 aromatic carbocycles. The first-order chi connectivity index (χ1) is 11.7. The lowest BCUT2D eigenvalue weighted by atomic mass is 9.87. The van der Waals surface area contributed by atoms with Crippen molar-refractivity contribution in [1.29, 1.82) is 0 Å². The van der Waals surface area contributed by atoms with Gasteiger partial charge in [0.1, 0.15) is 17.1 Å². The minimum Gasteiger partial charge on any atom is -0.497 e. The second-order valence-corrected chi connectivity index (χ2v) is 6.31. The summed E-state index contributed by atoms with van der Waals surface area (Å²) >= 11 is 0. The van der Waals surface area contributed by atoms with E-state index in [0.717, 1.165) is 31.6 Å². The molecule has 1 amide bonds. The molecule has 0 aromatic heterocycles. The zero-order valence-electron chi connectivity index (χ0n) is 14.3. The molecular weight excluding hydrogens is 310 g/mol. The van der Waals surface area contributed by atoms with Crippen LogP contribution in [0.25, 0.3) is 0 Å². The second-order valence-electron chi connectivity index (χ2n) is 6.31. The molecule has 0 radical (unpaired) electrons. The van der Waals surface area contributed by atoms with Gasteiger partial charge in [-0.15, -0.1) is 0 Å². The first-order valence-corrected chi connectivity index (χ1v) is 8.38. The predicted octanol–water partition coefficient (Wildman–Crippen LogP) is 1.87. The Morgan fingerprint density at radius 1 is 1.29 bits per heavy atom. The number of rotatable bonds is 5. The third kappa shape index (κ3) is 3.49. The highest BCUT2D eigenvalue weighted by Crippen LogP contribution is 2.36. The molecule has 6 nitrogen and oxygen atoms in total. The third-order valence-electron chi connectivity index (χ3n) is 4.90. The normalized spacial score (nSPS) is 26.6. The summed E-state index contributed by atoms with van der Waals surface area (Å²) in [5, 5.41) is 0. The van der Waals surface area contributed by atoms with E-state index in [-0.39, 0.29) is 24.2 Å². The number of hydrogen-bond donors (Lipinski definition) is 0. The molecule has 0 saturated carbocycles. The second kappa shape index (κ2) is 7.40. The highest BCUT2D eigenvalue weighted by molar-refractivity contribution is 5.78. The van der Waals surface area contributed by atoms with Crippen LogP contribution in [0.1, 0.15) is 19.3 Å². The maximum atomic E-state index is 12.5. The zero-order valence-corrected chi connectivity index (χ0v) is 14.3. The number of carbonyl (C=O) groups excluding carboxylic acids is 1. The maximum Gasteiger partial charge on any atom is 0.260 e. The van der Waals surface area contributed by atoms with Crippen LogP contribution in [0.3, 0.4) is 0 Å². The van der Waals surface area contributed by atoms with Crippen LogP contribution >= 0.6 is 0 Å². The molecular formula is C18H25NO5. The number of nitrogens with zero attached hydrogens (tertiary/aromatic N) is 1. The first-order valence-electron chi connectivity index (χ1n) is 8.38. The van der Waals surface area contributed by atoms with Crippen molar-refractivity contribution in [2.45, 2.75) is 31.0 Å². The number of amides is 1. The Labute approximate surface area is 142 Å². The molecule has 2 fully saturated rings. The number of methoxy groups -OCH3 is 2. The Morgan fingerprint density at radius 3 is 2.67 bits per heavy atom. The van der Waals surface area contributed by atoms with Gasteiger partial charge >= 0.3 is 0 Å². The minimum atomic E-state index is -0.344. The fourth-order valence-corrected chi connectivity index (χ4v) is 3.59. The maximum absolute atomic E-state index is 12.5. The lowest BCUT2D eigenvalue weighted by Gasteiger charge is -2.44. The first kappa shape index (κ1) is 17.0. The fourth-order valence-electron chi connectivity index (χ4n) is 3.59.